The fourth-order valence-electron chi connectivity index (χ4n) is 3.52. The van der Waals surface area contributed by atoms with Crippen molar-refractivity contribution in [1.29, 1.82) is 0 Å². The number of thiophene rings is 1. The summed E-state index contributed by atoms with van der Waals surface area (Å²) >= 11 is 7.76. The number of amides is 2. The van der Waals surface area contributed by atoms with E-state index in [1.165, 1.54) is 16.2 Å². The molecule has 1 aliphatic rings. The van der Waals surface area contributed by atoms with E-state index < -0.39 is 17.8 Å². The summed E-state index contributed by atoms with van der Waals surface area (Å²) in [7, 11) is 0. The number of ether oxygens (including phenoxy) is 2. The minimum Gasteiger partial charge on any atom is -0.467 e. The average Bonchev–Trinajstić information content (AvgIpc) is 3.33. The van der Waals surface area contributed by atoms with Crippen LogP contribution in [0, 0.1) is 6.92 Å². The number of aryl methyl sites for hydroxylation is 1. The van der Waals surface area contributed by atoms with Crippen LogP contribution in [0.5, 0.6) is 0 Å². The van der Waals surface area contributed by atoms with E-state index in [2.05, 4.69) is 15.3 Å². The van der Waals surface area contributed by atoms with Gasteiger partial charge in [0.2, 0.25) is 5.28 Å². The Balaban J connectivity index is 1.75. The number of carbonyl (C=O) groups excluding carboxylic acids is 2. The molecule has 2 amide bonds. The van der Waals surface area contributed by atoms with Crippen molar-refractivity contribution < 1.29 is 23.5 Å². The van der Waals surface area contributed by atoms with Crippen molar-refractivity contribution in [2.45, 2.75) is 58.7 Å². The summed E-state index contributed by atoms with van der Waals surface area (Å²) in [5, 5.41) is 2.87. The molecule has 11 heteroatoms. The number of carbonyl (C=O) groups is 2. The predicted octanol–water partition coefficient (Wildman–Crippen LogP) is 5.23. The lowest BCUT2D eigenvalue weighted by atomic mass is 10.1. The molecule has 0 aromatic carbocycles. The van der Waals surface area contributed by atoms with Crippen molar-refractivity contribution in [2.75, 3.05) is 11.5 Å². The molecule has 0 spiro atoms. The van der Waals surface area contributed by atoms with E-state index in [-0.39, 0.29) is 17.9 Å². The molecule has 1 atom stereocenters. The Labute approximate surface area is 200 Å². The quantitative estimate of drug-likeness (QED) is 0.486. The van der Waals surface area contributed by atoms with Crippen LogP contribution in [0.2, 0.25) is 5.28 Å². The van der Waals surface area contributed by atoms with Gasteiger partial charge < -0.3 is 19.2 Å². The highest BCUT2D eigenvalue weighted by Gasteiger charge is 2.30. The first-order chi connectivity index (χ1) is 15.6. The predicted molar refractivity (Wildman–Crippen MR) is 125 cm³/mol. The first-order valence-electron chi connectivity index (χ1n) is 10.5. The minimum atomic E-state index is -0.702. The van der Waals surface area contributed by atoms with Crippen molar-refractivity contribution in [3.8, 4) is 0 Å². The van der Waals surface area contributed by atoms with Gasteiger partial charge in [0.15, 0.2) is 5.82 Å². The molecule has 1 fully saturated rings. The molecule has 0 bridgehead atoms. The zero-order valence-electron chi connectivity index (χ0n) is 18.8. The zero-order chi connectivity index (χ0) is 23.8. The second-order valence-corrected chi connectivity index (χ2v) is 10.2. The number of furan rings is 1. The Hall–Kier alpha value is -2.85. The molecule has 4 heterocycles. The summed E-state index contributed by atoms with van der Waals surface area (Å²) in [5.74, 6) is 0.924. The molecule has 3 aromatic heterocycles. The van der Waals surface area contributed by atoms with E-state index >= 15 is 0 Å². The number of hydrogen-bond donors (Lipinski definition) is 1. The molecule has 0 aliphatic carbocycles. The molecular weight excluding hydrogens is 468 g/mol. The Kier molecular flexibility index (Phi) is 6.49. The molecule has 3 aromatic rings. The maximum Gasteiger partial charge on any atom is 0.416 e. The van der Waals surface area contributed by atoms with Gasteiger partial charge in [0.25, 0.3) is 0 Å². The molecule has 0 radical (unpaired) electrons. The van der Waals surface area contributed by atoms with Crippen molar-refractivity contribution in [1.82, 2.24) is 15.3 Å². The highest BCUT2D eigenvalue weighted by molar-refractivity contribution is 7.19. The summed E-state index contributed by atoms with van der Waals surface area (Å²) in [4.78, 5) is 36.1. The van der Waals surface area contributed by atoms with Gasteiger partial charge >= 0.3 is 12.2 Å². The zero-order valence-corrected chi connectivity index (χ0v) is 20.4. The summed E-state index contributed by atoms with van der Waals surface area (Å²) in [5.41, 5.74) is 0.895. The number of nitrogens with zero attached hydrogens (tertiary/aromatic N) is 3. The van der Waals surface area contributed by atoms with Crippen LogP contribution in [0.1, 0.15) is 43.4 Å². The Morgan fingerprint density at radius 1 is 1.39 bits per heavy atom. The maximum atomic E-state index is 13.2. The lowest BCUT2D eigenvalue weighted by molar-refractivity contribution is 0.0574. The molecule has 1 N–H and O–H groups in total. The van der Waals surface area contributed by atoms with Crippen LogP contribution in [-0.2, 0) is 22.4 Å². The minimum absolute atomic E-state index is 0.0253. The smallest absolute Gasteiger partial charge is 0.416 e. The largest absolute Gasteiger partial charge is 0.467 e. The van der Waals surface area contributed by atoms with Crippen molar-refractivity contribution in [2.24, 2.45) is 0 Å². The first kappa shape index (κ1) is 23.3. The van der Waals surface area contributed by atoms with Gasteiger partial charge in [-0.25, -0.2) is 14.6 Å². The summed E-state index contributed by atoms with van der Waals surface area (Å²) in [6.07, 6.45) is 1.88. The van der Waals surface area contributed by atoms with Crippen LogP contribution >= 0.6 is 22.9 Å². The van der Waals surface area contributed by atoms with Crippen LogP contribution in [0.3, 0.4) is 0 Å². The number of alkyl carbamates (subject to hydrolysis) is 1. The normalized spacial score (nSPS) is 16.4. The van der Waals surface area contributed by atoms with Gasteiger partial charge in [0.1, 0.15) is 11.4 Å². The number of cyclic esters (lactones) is 1. The third kappa shape index (κ3) is 5.39. The molecule has 0 unspecified atom stereocenters. The van der Waals surface area contributed by atoms with Gasteiger partial charge in [-0.1, -0.05) is 0 Å². The molecule has 176 valence electrons. The Bertz CT molecular complexity index is 1170. The standard InChI is InChI=1S/C22H25ClN4O5S/c1-12-15(10-13-7-9-31-20(28)24-13)33-17-16(12)25-19(23)26-18(17)27(11-14-6-5-8-30-14)21(29)32-22(2,3)4/h5-6,8,13H,7,9-11H2,1-4H3,(H,24,28)/t13-/m0/s1. The van der Waals surface area contributed by atoms with Gasteiger partial charge in [-0.3, -0.25) is 4.90 Å². The maximum absolute atomic E-state index is 13.2. The number of hydrogen-bond acceptors (Lipinski definition) is 8. The van der Waals surface area contributed by atoms with Gasteiger partial charge in [-0.2, -0.15) is 4.98 Å². The van der Waals surface area contributed by atoms with Gasteiger partial charge in [-0.05, 0) is 57.0 Å². The van der Waals surface area contributed by atoms with Crippen LogP contribution in [0.15, 0.2) is 22.8 Å². The number of fused-ring (bicyclic) bond motifs is 1. The van der Waals surface area contributed by atoms with E-state index in [1.807, 2.05) is 6.92 Å². The number of anilines is 1. The van der Waals surface area contributed by atoms with E-state index in [4.69, 9.17) is 25.5 Å². The second kappa shape index (κ2) is 9.18. The molecule has 9 nitrogen and oxygen atoms in total. The number of rotatable bonds is 5. The first-order valence-corrected chi connectivity index (χ1v) is 11.7. The van der Waals surface area contributed by atoms with Crippen molar-refractivity contribution >= 4 is 51.2 Å². The van der Waals surface area contributed by atoms with Crippen molar-refractivity contribution in [3.63, 3.8) is 0 Å². The van der Waals surface area contributed by atoms with Gasteiger partial charge in [0.05, 0.1) is 29.6 Å². The van der Waals surface area contributed by atoms with Crippen LogP contribution in [-0.4, -0.2) is 40.4 Å². The molecule has 33 heavy (non-hydrogen) atoms. The fraction of sp³-hybridized carbons (Fsp3) is 0.455. The average molecular weight is 493 g/mol. The summed E-state index contributed by atoms with van der Waals surface area (Å²) in [6, 6.07) is 3.48. The molecule has 1 aliphatic heterocycles. The lowest BCUT2D eigenvalue weighted by Crippen LogP contribution is -2.42. The van der Waals surface area contributed by atoms with E-state index in [9.17, 15) is 9.59 Å². The third-order valence-electron chi connectivity index (χ3n) is 5.04. The topological polar surface area (TPSA) is 107 Å². The lowest BCUT2D eigenvalue weighted by Gasteiger charge is -2.26. The molecule has 4 rings (SSSR count). The molecule has 1 saturated heterocycles. The number of halogens is 1. The van der Waals surface area contributed by atoms with Crippen LogP contribution < -0.4 is 10.2 Å². The highest BCUT2D eigenvalue weighted by Crippen LogP contribution is 2.38. The second-order valence-electron chi connectivity index (χ2n) is 8.76. The number of nitrogens with one attached hydrogen (secondary N) is 1. The van der Waals surface area contributed by atoms with Crippen LogP contribution in [0.4, 0.5) is 15.4 Å². The SMILES string of the molecule is Cc1c(C[C@@H]2CCOC(=O)N2)sc2c(N(Cc3ccco3)C(=O)OC(C)(C)C)nc(Cl)nc12. The van der Waals surface area contributed by atoms with E-state index in [1.54, 1.807) is 39.2 Å². The summed E-state index contributed by atoms with van der Waals surface area (Å²) < 4.78 is 16.8. The third-order valence-corrected chi connectivity index (χ3v) is 6.50. The Morgan fingerprint density at radius 3 is 2.85 bits per heavy atom. The Morgan fingerprint density at radius 2 is 2.18 bits per heavy atom. The monoisotopic (exact) mass is 492 g/mol. The number of aromatic nitrogens is 2. The fourth-order valence-corrected chi connectivity index (χ4v) is 5.01. The van der Waals surface area contributed by atoms with Crippen molar-refractivity contribution in [3.05, 3.63) is 39.9 Å². The van der Waals surface area contributed by atoms with E-state index in [0.29, 0.717) is 41.2 Å². The van der Waals surface area contributed by atoms with Gasteiger partial charge in [-0.15, -0.1) is 11.3 Å². The molecular formula is C22H25ClN4O5S. The highest BCUT2D eigenvalue weighted by atomic mass is 35.5. The van der Waals surface area contributed by atoms with Crippen LogP contribution in [0.25, 0.3) is 10.2 Å². The summed E-state index contributed by atoms with van der Waals surface area (Å²) in [6.45, 7) is 7.85. The molecule has 0 saturated carbocycles. The van der Waals surface area contributed by atoms with Gasteiger partial charge in [0, 0.05) is 23.8 Å². The van der Waals surface area contributed by atoms with E-state index in [0.717, 1.165) is 10.4 Å².